The predicted octanol–water partition coefficient (Wildman–Crippen LogP) is -2.37. The summed E-state index contributed by atoms with van der Waals surface area (Å²) in [6, 6.07) is 0. The Balaban J connectivity index is 2.25. The molecule has 0 bridgehead atoms. The fourth-order valence-electron chi connectivity index (χ4n) is 0.314. The first-order valence-corrected chi connectivity index (χ1v) is 1.91. The Morgan fingerprint density at radius 2 is 2.29 bits per heavy atom. The summed E-state index contributed by atoms with van der Waals surface area (Å²) < 4.78 is 0. The molecule has 0 unspecified atom stereocenters. The fraction of sp³-hybridized carbons (Fsp3) is 0.500. The first kappa shape index (κ1) is 4.51. The molecule has 0 radical (unpaired) electrons. The van der Waals surface area contributed by atoms with Crippen LogP contribution in [0.3, 0.4) is 0 Å². The summed E-state index contributed by atoms with van der Waals surface area (Å²) in [7, 11) is 0. The van der Waals surface area contributed by atoms with Gasteiger partial charge in [-0.2, -0.15) is 11.1 Å². The number of hydrogen-bond donors (Lipinski definition) is 4. The molecule has 0 aliphatic carbocycles. The van der Waals surface area contributed by atoms with Crippen molar-refractivity contribution in [3.8, 4) is 0 Å². The van der Waals surface area contributed by atoms with Crippen LogP contribution in [0.5, 0.6) is 0 Å². The van der Waals surface area contributed by atoms with Crippen molar-refractivity contribution >= 4 is 5.91 Å². The zero-order chi connectivity index (χ0) is 5.11. The number of nitrogens with one attached hydrogen (secondary N) is 4. The summed E-state index contributed by atoms with van der Waals surface area (Å²) in [6.07, 6.45) is 0. The Morgan fingerprint density at radius 1 is 1.43 bits per heavy atom. The van der Waals surface area contributed by atoms with Crippen LogP contribution in [0.4, 0.5) is 0 Å². The van der Waals surface area contributed by atoms with Crippen molar-refractivity contribution < 1.29 is 4.79 Å². The standard InChI is InChI=1S/C2H6N4O/c7-2-1-3-5-6-4-2/h3,5-6H,1H2,(H,4,7). The minimum atomic E-state index is -0.0706. The third-order valence-electron chi connectivity index (χ3n) is 0.602. The van der Waals surface area contributed by atoms with Gasteiger partial charge in [-0.15, -0.1) is 0 Å². The molecule has 5 nitrogen and oxygen atoms in total. The topological polar surface area (TPSA) is 65.2 Å². The largest absolute Gasteiger partial charge is 0.276 e. The molecule has 0 aromatic carbocycles. The molecule has 1 rings (SSSR count). The van der Waals surface area contributed by atoms with Crippen molar-refractivity contribution in [2.75, 3.05) is 6.54 Å². The summed E-state index contributed by atoms with van der Waals surface area (Å²) in [4.78, 5) is 10.2. The van der Waals surface area contributed by atoms with E-state index >= 15 is 0 Å². The first-order chi connectivity index (χ1) is 3.39. The molecule has 1 saturated heterocycles. The number of hydrazine groups is 3. The zero-order valence-electron chi connectivity index (χ0n) is 3.62. The van der Waals surface area contributed by atoms with Gasteiger partial charge in [0.1, 0.15) is 0 Å². The normalized spacial score (nSPS) is 21.4. The lowest BCUT2D eigenvalue weighted by Gasteiger charge is -2.14. The van der Waals surface area contributed by atoms with Crippen LogP contribution in [0.1, 0.15) is 0 Å². The highest BCUT2D eigenvalue weighted by atomic mass is 16.2. The van der Waals surface area contributed by atoms with Gasteiger partial charge < -0.3 is 0 Å². The van der Waals surface area contributed by atoms with Crippen molar-refractivity contribution in [2.24, 2.45) is 0 Å². The second kappa shape index (κ2) is 1.87. The summed E-state index contributed by atoms with van der Waals surface area (Å²) in [5, 5.41) is 0. The van der Waals surface area contributed by atoms with E-state index < -0.39 is 0 Å². The summed E-state index contributed by atoms with van der Waals surface area (Å²) in [6.45, 7) is 0.312. The van der Waals surface area contributed by atoms with Gasteiger partial charge >= 0.3 is 0 Å². The number of carbonyl (C=O) groups is 1. The minimum absolute atomic E-state index is 0.0706. The summed E-state index contributed by atoms with van der Waals surface area (Å²) >= 11 is 0. The maximum absolute atomic E-state index is 10.2. The Labute approximate surface area is 40.4 Å². The second-order valence-electron chi connectivity index (χ2n) is 1.15. The van der Waals surface area contributed by atoms with Crippen molar-refractivity contribution in [2.45, 2.75) is 0 Å². The highest BCUT2D eigenvalue weighted by Gasteiger charge is 2.01. The molecule has 4 N–H and O–H groups in total. The van der Waals surface area contributed by atoms with E-state index in [1.807, 2.05) is 0 Å². The Hall–Kier alpha value is -0.650. The predicted molar refractivity (Wildman–Crippen MR) is 22.4 cm³/mol. The van der Waals surface area contributed by atoms with E-state index in [9.17, 15) is 4.79 Å². The van der Waals surface area contributed by atoms with Crippen molar-refractivity contribution in [3.05, 3.63) is 0 Å². The monoisotopic (exact) mass is 102 g/mol. The van der Waals surface area contributed by atoms with Gasteiger partial charge in [0.25, 0.3) is 5.91 Å². The zero-order valence-corrected chi connectivity index (χ0v) is 3.62. The molecule has 1 aliphatic heterocycles. The van der Waals surface area contributed by atoms with E-state index in [0.717, 1.165) is 0 Å². The molecule has 0 aromatic heterocycles. The SMILES string of the molecule is O=C1CNNNN1. The lowest BCUT2D eigenvalue weighted by atomic mass is 10.6. The summed E-state index contributed by atoms with van der Waals surface area (Å²) in [5.74, 6) is -0.0706. The second-order valence-corrected chi connectivity index (χ2v) is 1.15. The number of hydrogen-bond acceptors (Lipinski definition) is 4. The molecule has 1 aliphatic rings. The van der Waals surface area contributed by atoms with Crippen LogP contribution in [-0.4, -0.2) is 12.5 Å². The molecular weight excluding hydrogens is 96.0 g/mol. The van der Waals surface area contributed by atoms with E-state index in [-0.39, 0.29) is 5.91 Å². The average molecular weight is 102 g/mol. The van der Waals surface area contributed by atoms with Gasteiger partial charge in [0, 0.05) is 0 Å². The average Bonchev–Trinajstić information content (AvgIpc) is 1.69. The molecule has 5 heteroatoms. The summed E-state index contributed by atoms with van der Waals surface area (Å²) in [5.41, 5.74) is 9.74. The third kappa shape index (κ3) is 1.11. The van der Waals surface area contributed by atoms with Gasteiger partial charge in [-0.3, -0.25) is 10.2 Å². The Morgan fingerprint density at radius 3 is 2.57 bits per heavy atom. The van der Waals surface area contributed by atoms with Crippen LogP contribution < -0.4 is 21.9 Å². The maximum Gasteiger partial charge on any atom is 0.250 e. The highest BCUT2D eigenvalue weighted by molar-refractivity contribution is 5.77. The fourth-order valence-corrected chi connectivity index (χ4v) is 0.314. The van der Waals surface area contributed by atoms with Crippen LogP contribution in [0, 0.1) is 0 Å². The molecule has 0 aromatic rings. The van der Waals surface area contributed by atoms with E-state index in [0.29, 0.717) is 6.54 Å². The molecular formula is C2H6N4O. The van der Waals surface area contributed by atoms with Gasteiger partial charge in [0.15, 0.2) is 0 Å². The van der Waals surface area contributed by atoms with E-state index in [1.54, 1.807) is 0 Å². The van der Waals surface area contributed by atoms with Crippen molar-refractivity contribution in [1.82, 2.24) is 21.9 Å². The van der Waals surface area contributed by atoms with Gasteiger partial charge in [-0.05, 0) is 0 Å². The van der Waals surface area contributed by atoms with Crippen molar-refractivity contribution in [3.63, 3.8) is 0 Å². The van der Waals surface area contributed by atoms with Crippen LogP contribution in [-0.2, 0) is 4.79 Å². The van der Waals surface area contributed by atoms with E-state index in [4.69, 9.17) is 0 Å². The highest BCUT2D eigenvalue weighted by Crippen LogP contribution is 1.58. The molecule has 1 fully saturated rings. The smallest absolute Gasteiger partial charge is 0.250 e. The lowest BCUT2D eigenvalue weighted by molar-refractivity contribution is -0.123. The number of carbonyl (C=O) groups excluding carboxylic acids is 1. The van der Waals surface area contributed by atoms with Crippen LogP contribution in [0.25, 0.3) is 0 Å². The van der Waals surface area contributed by atoms with Gasteiger partial charge in [-0.1, -0.05) is 0 Å². The number of amides is 1. The molecule has 0 saturated carbocycles. The van der Waals surface area contributed by atoms with Crippen LogP contribution in [0.2, 0.25) is 0 Å². The first-order valence-electron chi connectivity index (χ1n) is 1.91. The van der Waals surface area contributed by atoms with Crippen LogP contribution in [0.15, 0.2) is 0 Å². The molecule has 1 amide bonds. The van der Waals surface area contributed by atoms with Gasteiger partial charge in [0.2, 0.25) is 0 Å². The quantitative estimate of drug-likeness (QED) is 0.276. The number of rotatable bonds is 0. The molecule has 0 spiro atoms. The molecule has 7 heavy (non-hydrogen) atoms. The van der Waals surface area contributed by atoms with Crippen molar-refractivity contribution in [1.29, 1.82) is 0 Å². The van der Waals surface area contributed by atoms with E-state index in [1.165, 1.54) is 0 Å². The Kier molecular flexibility index (Phi) is 1.21. The maximum atomic E-state index is 10.2. The lowest BCUT2D eigenvalue weighted by Crippen LogP contribution is -2.61. The molecule has 0 atom stereocenters. The van der Waals surface area contributed by atoms with Gasteiger partial charge in [-0.25, -0.2) is 5.43 Å². The third-order valence-corrected chi connectivity index (χ3v) is 0.602. The van der Waals surface area contributed by atoms with Gasteiger partial charge in [0.05, 0.1) is 6.54 Å². The van der Waals surface area contributed by atoms with E-state index in [2.05, 4.69) is 21.9 Å². The Bertz CT molecular complexity index is 73.8. The van der Waals surface area contributed by atoms with Crippen LogP contribution >= 0.6 is 0 Å². The molecule has 1 heterocycles. The minimum Gasteiger partial charge on any atom is -0.276 e. The molecule has 40 valence electrons.